The molecule has 0 radical (unpaired) electrons. The molecule has 15 heavy (non-hydrogen) atoms. The number of rotatable bonds is 2. The Bertz CT molecular complexity index is 223. The Hall–Kier alpha value is -0.610. The summed E-state index contributed by atoms with van der Waals surface area (Å²) in [6.45, 7) is 11.0. The van der Waals surface area contributed by atoms with E-state index in [0.717, 1.165) is 19.6 Å². The van der Waals surface area contributed by atoms with E-state index in [1.165, 1.54) is 0 Å². The quantitative estimate of drug-likeness (QED) is 0.684. The van der Waals surface area contributed by atoms with Gasteiger partial charge in [0.1, 0.15) is 5.60 Å². The van der Waals surface area contributed by atoms with Gasteiger partial charge in [-0.2, -0.15) is 0 Å². The van der Waals surface area contributed by atoms with E-state index in [9.17, 15) is 4.79 Å². The van der Waals surface area contributed by atoms with Gasteiger partial charge in [-0.05, 0) is 27.7 Å². The largest absolute Gasteiger partial charge is 0.459 e. The average Bonchev–Trinajstić information content (AvgIpc) is 2.05. The Labute approximate surface area is 92.0 Å². The highest BCUT2D eigenvalue weighted by Gasteiger charge is 2.23. The third kappa shape index (κ3) is 4.62. The first-order valence-electron chi connectivity index (χ1n) is 5.55. The molecule has 0 amide bonds. The van der Waals surface area contributed by atoms with E-state index in [1.807, 2.05) is 20.8 Å². The molecule has 0 aliphatic carbocycles. The van der Waals surface area contributed by atoms with Crippen molar-refractivity contribution in [2.45, 2.75) is 39.3 Å². The standard InChI is InChI=1S/C11H22N2O2/c1-9-7-12-5-6-13(9)8-10(14)15-11(2,3)4/h9,12H,5-8H2,1-4H3/t9-/m1/s1. The number of nitrogens with one attached hydrogen (secondary N) is 1. The summed E-state index contributed by atoms with van der Waals surface area (Å²) in [5.74, 6) is -0.128. The molecule has 0 saturated carbocycles. The van der Waals surface area contributed by atoms with Gasteiger partial charge >= 0.3 is 5.97 Å². The normalized spacial score (nSPS) is 23.9. The molecule has 0 aromatic heterocycles. The SMILES string of the molecule is C[C@@H]1CNCCN1CC(=O)OC(C)(C)C. The lowest BCUT2D eigenvalue weighted by atomic mass is 10.2. The van der Waals surface area contributed by atoms with Crippen molar-refractivity contribution < 1.29 is 9.53 Å². The Kier molecular flexibility index (Phi) is 4.11. The van der Waals surface area contributed by atoms with Crippen molar-refractivity contribution in [1.82, 2.24) is 10.2 Å². The average molecular weight is 214 g/mol. The zero-order valence-electron chi connectivity index (χ0n) is 10.2. The molecule has 1 aliphatic rings. The maximum atomic E-state index is 11.6. The Morgan fingerprint density at radius 2 is 2.20 bits per heavy atom. The number of esters is 1. The number of hydrogen-bond donors (Lipinski definition) is 1. The Morgan fingerprint density at radius 3 is 2.73 bits per heavy atom. The van der Waals surface area contributed by atoms with E-state index in [-0.39, 0.29) is 11.6 Å². The van der Waals surface area contributed by atoms with Gasteiger partial charge in [-0.15, -0.1) is 0 Å². The van der Waals surface area contributed by atoms with Gasteiger partial charge in [0.25, 0.3) is 0 Å². The fourth-order valence-electron chi connectivity index (χ4n) is 1.66. The van der Waals surface area contributed by atoms with Gasteiger partial charge in [0.15, 0.2) is 0 Å². The summed E-state index contributed by atoms with van der Waals surface area (Å²) in [7, 11) is 0. The lowest BCUT2D eigenvalue weighted by Gasteiger charge is -2.33. The molecule has 0 aromatic rings. The second-order valence-corrected chi connectivity index (χ2v) is 5.11. The second-order valence-electron chi connectivity index (χ2n) is 5.11. The molecule has 1 heterocycles. The predicted octanol–water partition coefficient (Wildman–Crippen LogP) is 0.622. The zero-order valence-corrected chi connectivity index (χ0v) is 10.2. The molecule has 1 saturated heterocycles. The fourth-order valence-corrected chi connectivity index (χ4v) is 1.66. The zero-order chi connectivity index (χ0) is 11.5. The highest BCUT2D eigenvalue weighted by molar-refractivity contribution is 5.72. The minimum Gasteiger partial charge on any atom is -0.459 e. The maximum absolute atomic E-state index is 11.6. The number of ether oxygens (including phenoxy) is 1. The molecule has 88 valence electrons. The van der Waals surface area contributed by atoms with Crippen molar-refractivity contribution >= 4 is 5.97 Å². The van der Waals surface area contributed by atoms with Crippen LogP contribution in [0.15, 0.2) is 0 Å². The van der Waals surface area contributed by atoms with Crippen molar-refractivity contribution in [3.8, 4) is 0 Å². The van der Waals surface area contributed by atoms with Crippen LogP contribution in [0.5, 0.6) is 0 Å². The van der Waals surface area contributed by atoms with E-state index >= 15 is 0 Å². The van der Waals surface area contributed by atoms with Crippen molar-refractivity contribution in [2.75, 3.05) is 26.2 Å². The number of carbonyl (C=O) groups is 1. The smallest absolute Gasteiger partial charge is 0.320 e. The maximum Gasteiger partial charge on any atom is 0.320 e. The van der Waals surface area contributed by atoms with Gasteiger partial charge in [-0.25, -0.2) is 0 Å². The summed E-state index contributed by atoms with van der Waals surface area (Å²) in [5.41, 5.74) is -0.381. The highest BCUT2D eigenvalue weighted by Crippen LogP contribution is 2.09. The molecule has 1 aliphatic heterocycles. The highest BCUT2D eigenvalue weighted by atomic mass is 16.6. The molecule has 4 nitrogen and oxygen atoms in total. The van der Waals surface area contributed by atoms with Crippen molar-refractivity contribution in [1.29, 1.82) is 0 Å². The van der Waals surface area contributed by atoms with Gasteiger partial charge in [0.2, 0.25) is 0 Å². The van der Waals surface area contributed by atoms with Gasteiger partial charge < -0.3 is 10.1 Å². The fraction of sp³-hybridized carbons (Fsp3) is 0.909. The van der Waals surface area contributed by atoms with E-state index in [2.05, 4.69) is 17.1 Å². The topological polar surface area (TPSA) is 41.6 Å². The first-order valence-corrected chi connectivity index (χ1v) is 5.55. The van der Waals surface area contributed by atoms with Gasteiger partial charge in [-0.3, -0.25) is 9.69 Å². The molecule has 0 aromatic carbocycles. The van der Waals surface area contributed by atoms with Crippen LogP contribution in [-0.4, -0.2) is 48.7 Å². The van der Waals surface area contributed by atoms with Gasteiger partial charge in [0, 0.05) is 25.7 Å². The second kappa shape index (κ2) is 4.94. The number of piperazine rings is 1. The summed E-state index contributed by atoms with van der Waals surface area (Å²) in [4.78, 5) is 13.7. The summed E-state index contributed by atoms with van der Waals surface area (Å²) in [6, 6.07) is 0.409. The molecule has 1 N–H and O–H groups in total. The van der Waals surface area contributed by atoms with Crippen LogP contribution >= 0.6 is 0 Å². The minimum absolute atomic E-state index is 0.128. The number of hydrogen-bond acceptors (Lipinski definition) is 4. The van der Waals surface area contributed by atoms with Crippen LogP contribution in [0, 0.1) is 0 Å². The van der Waals surface area contributed by atoms with Crippen LogP contribution in [-0.2, 0) is 9.53 Å². The molecule has 0 unspecified atom stereocenters. The van der Waals surface area contributed by atoms with Crippen LogP contribution in [0.4, 0.5) is 0 Å². The van der Waals surface area contributed by atoms with E-state index in [0.29, 0.717) is 12.6 Å². The lowest BCUT2D eigenvalue weighted by Crippen LogP contribution is -2.51. The minimum atomic E-state index is -0.381. The summed E-state index contributed by atoms with van der Waals surface area (Å²) in [5, 5.41) is 3.29. The summed E-state index contributed by atoms with van der Waals surface area (Å²) >= 11 is 0. The van der Waals surface area contributed by atoms with Crippen LogP contribution in [0.2, 0.25) is 0 Å². The number of nitrogens with zero attached hydrogens (tertiary/aromatic N) is 1. The van der Waals surface area contributed by atoms with Crippen LogP contribution in [0.3, 0.4) is 0 Å². The van der Waals surface area contributed by atoms with Crippen LogP contribution in [0.1, 0.15) is 27.7 Å². The first-order chi connectivity index (χ1) is 6.88. The lowest BCUT2D eigenvalue weighted by molar-refractivity contribution is -0.156. The predicted molar refractivity (Wildman–Crippen MR) is 59.7 cm³/mol. The molecule has 4 heteroatoms. The molecule has 1 fully saturated rings. The monoisotopic (exact) mass is 214 g/mol. The Balaban J connectivity index is 2.36. The third-order valence-electron chi connectivity index (χ3n) is 2.39. The van der Waals surface area contributed by atoms with E-state index in [1.54, 1.807) is 0 Å². The summed E-state index contributed by atoms with van der Waals surface area (Å²) < 4.78 is 5.29. The number of carbonyl (C=O) groups excluding carboxylic acids is 1. The summed E-state index contributed by atoms with van der Waals surface area (Å²) in [6.07, 6.45) is 0. The van der Waals surface area contributed by atoms with Gasteiger partial charge in [-0.1, -0.05) is 0 Å². The molecule has 1 atom stereocenters. The first kappa shape index (κ1) is 12.5. The van der Waals surface area contributed by atoms with E-state index < -0.39 is 0 Å². The molecule has 1 rings (SSSR count). The van der Waals surface area contributed by atoms with Crippen molar-refractivity contribution in [2.24, 2.45) is 0 Å². The van der Waals surface area contributed by atoms with Crippen molar-refractivity contribution in [3.05, 3.63) is 0 Å². The third-order valence-corrected chi connectivity index (χ3v) is 2.39. The molecular weight excluding hydrogens is 192 g/mol. The molecular formula is C11H22N2O2. The molecule has 0 spiro atoms. The van der Waals surface area contributed by atoms with Crippen LogP contribution < -0.4 is 5.32 Å². The van der Waals surface area contributed by atoms with Crippen LogP contribution in [0.25, 0.3) is 0 Å². The van der Waals surface area contributed by atoms with E-state index in [4.69, 9.17) is 4.74 Å². The Morgan fingerprint density at radius 1 is 1.53 bits per heavy atom. The molecule has 0 bridgehead atoms. The van der Waals surface area contributed by atoms with Crippen molar-refractivity contribution in [3.63, 3.8) is 0 Å². The van der Waals surface area contributed by atoms with Gasteiger partial charge in [0.05, 0.1) is 6.54 Å².